The highest BCUT2D eigenvalue weighted by molar-refractivity contribution is 6.15. The molecule has 0 atom stereocenters. The van der Waals surface area contributed by atoms with Gasteiger partial charge in [-0.3, -0.25) is 9.79 Å². The smallest absolute Gasteiger partial charge is 0.168 e. The van der Waals surface area contributed by atoms with Crippen molar-refractivity contribution in [1.29, 1.82) is 0 Å². The lowest BCUT2D eigenvalue weighted by Gasteiger charge is -2.28. The highest BCUT2D eigenvalue weighted by Crippen LogP contribution is 2.35. The maximum atomic E-state index is 12.1. The van der Waals surface area contributed by atoms with Crippen molar-refractivity contribution in [2.24, 2.45) is 10.4 Å². The van der Waals surface area contributed by atoms with E-state index in [2.05, 4.69) is 11.6 Å². The first kappa shape index (κ1) is 16.0. The first-order valence-electron chi connectivity index (χ1n) is 7.25. The number of ketones is 1. The Morgan fingerprint density at radius 3 is 2.77 bits per heavy atom. The van der Waals surface area contributed by atoms with Crippen molar-refractivity contribution < 1.29 is 14.6 Å². The lowest BCUT2D eigenvalue weighted by Crippen LogP contribution is -2.26. The van der Waals surface area contributed by atoms with Crippen molar-refractivity contribution in [2.45, 2.75) is 26.7 Å². The standard InChI is InChI=1S/C18H21NO3/c1-4-9-22-17-8-6-5-7-14(17)19-12-13-15(20)10-18(2,3)11-16(13)21/h4-8,12,20H,1,9-11H2,2-3H3. The van der Waals surface area contributed by atoms with Gasteiger partial charge in [0.25, 0.3) is 0 Å². The number of hydrogen-bond acceptors (Lipinski definition) is 4. The van der Waals surface area contributed by atoms with Crippen LogP contribution in [-0.2, 0) is 4.79 Å². The summed E-state index contributed by atoms with van der Waals surface area (Å²) in [5.41, 5.74) is 0.698. The number of carbonyl (C=O) groups is 1. The van der Waals surface area contributed by atoms with E-state index in [1.807, 2.05) is 26.0 Å². The first-order valence-corrected chi connectivity index (χ1v) is 7.25. The molecule has 0 aliphatic heterocycles. The Hall–Kier alpha value is -2.36. The van der Waals surface area contributed by atoms with Gasteiger partial charge in [0.1, 0.15) is 23.8 Å². The first-order chi connectivity index (χ1) is 10.4. The van der Waals surface area contributed by atoms with Gasteiger partial charge >= 0.3 is 0 Å². The molecule has 1 aromatic carbocycles. The van der Waals surface area contributed by atoms with Gasteiger partial charge in [0.2, 0.25) is 0 Å². The van der Waals surface area contributed by atoms with E-state index in [0.717, 1.165) is 0 Å². The fourth-order valence-corrected chi connectivity index (χ4v) is 2.42. The summed E-state index contributed by atoms with van der Waals surface area (Å²) < 4.78 is 5.52. The summed E-state index contributed by atoms with van der Waals surface area (Å²) in [6.45, 7) is 7.92. The zero-order valence-electron chi connectivity index (χ0n) is 13.0. The predicted molar refractivity (Wildman–Crippen MR) is 88.0 cm³/mol. The Morgan fingerprint density at radius 2 is 2.09 bits per heavy atom. The molecule has 2 rings (SSSR count). The molecular formula is C18H21NO3. The SMILES string of the molecule is C=CCOc1ccccc1N=CC1=C(O)CC(C)(C)CC1=O. The molecule has 0 spiro atoms. The molecule has 0 heterocycles. The maximum absolute atomic E-state index is 12.1. The van der Waals surface area contributed by atoms with Gasteiger partial charge in [0.15, 0.2) is 5.78 Å². The van der Waals surface area contributed by atoms with Crippen LogP contribution < -0.4 is 4.74 Å². The molecule has 0 aromatic heterocycles. The third kappa shape index (κ3) is 3.85. The number of aliphatic hydroxyl groups is 1. The zero-order chi connectivity index (χ0) is 16.2. The maximum Gasteiger partial charge on any atom is 0.168 e. The normalized spacial score (nSPS) is 17.8. The van der Waals surface area contributed by atoms with E-state index in [4.69, 9.17) is 4.74 Å². The summed E-state index contributed by atoms with van der Waals surface area (Å²) in [4.78, 5) is 16.5. The number of benzene rings is 1. The number of rotatable bonds is 5. The van der Waals surface area contributed by atoms with Crippen LogP contribution >= 0.6 is 0 Å². The topological polar surface area (TPSA) is 58.9 Å². The summed E-state index contributed by atoms with van der Waals surface area (Å²) in [5, 5.41) is 10.1. The molecule has 4 nitrogen and oxygen atoms in total. The van der Waals surface area contributed by atoms with Crippen LogP contribution in [0.4, 0.5) is 5.69 Å². The van der Waals surface area contributed by atoms with E-state index in [9.17, 15) is 9.90 Å². The summed E-state index contributed by atoms with van der Waals surface area (Å²) in [7, 11) is 0. The number of para-hydroxylation sites is 2. The van der Waals surface area contributed by atoms with Crippen LogP contribution in [0.2, 0.25) is 0 Å². The summed E-state index contributed by atoms with van der Waals surface area (Å²) in [5.74, 6) is 0.638. The van der Waals surface area contributed by atoms with E-state index in [-0.39, 0.29) is 22.5 Å². The van der Waals surface area contributed by atoms with Gasteiger partial charge in [-0.2, -0.15) is 0 Å². The summed E-state index contributed by atoms with van der Waals surface area (Å²) in [6.07, 6.45) is 3.98. The van der Waals surface area contributed by atoms with Crippen LogP contribution in [0.1, 0.15) is 26.7 Å². The third-order valence-electron chi connectivity index (χ3n) is 3.45. The monoisotopic (exact) mass is 299 g/mol. The average Bonchev–Trinajstić information content (AvgIpc) is 2.44. The molecule has 0 saturated carbocycles. The molecule has 4 heteroatoms. The number of Topliss-reactive ketones (excluding diaryl/α,β-unsaturated/α-hetero) is 1. The Bertz CT molecular complexity index is 641. The van der Waals surface area contributed by atoms with E-state index in [1.165, 1.54) is 6.21 Å². The van der Waals surface area contributed by atoms with Crippen LogP contribution in [0, 0.1) is 5.41 Å². The number of allylic oxidation sites excluding steroid dienone is 2. The molecule has 0 amide bonds. The van der Waals surface area contributed by atoms with E-state index in [0.29, 0.717) is 30.9 Å². The molecule has 0 unspecified atom stereocenters. The van der Waals surface area contributed by atoms with Crippen molar-refractivity contribution in [1.82, 2.24) is 0 Å². The number of nitrogens with zero attached hydrogens (tertiary/aromatic N) is 1. The minimum absolute atomic E-state index is 0.0815. The van der Waals surface area contributed by atoms with Gasteiger partial charge < -0.3 is 9.84 Å². The largest absolute Gasteiger partial charge is 0.511 e. The van der Waals surface area contributed by atoms with Crippen molar-refractivity contribution in [3.63, 3.8) is 0 Å². The molecule has 0 radical (unpaired) electrons. The Labute approximate surface area is 130 Å². The van der Waals surface area contributed by atoms with E-state index >= 15 is 0 Å². The van der Waals surface area contributed by atoms with Crippen LogP contribution in [0.3, 0.4) is 0 Å². The molecule has 1 aromatic rings. The van der Waals surface area contributed by atoms with Gasteiger partial charge in [-0.25, -0.2) is 0 Å². The molecule has 0 bridgehead atoms. The zero-order valence-corrected chi connectivity index (χ0v) is 13.0. The number of ether oxygens (including phenoxy) is 1. The highest BCUT2D eigenvalue weighted by Gasteiger charge is 2.32. The third-order valence-corrected chi connectivity index (χ3v) is 3.45. The molecule has 1 aliphatic carbocycles. The average molecular weight is 299 g/mol. The van der Waals surface area contributed by atoms with Crippen molar-refractivity contribution >= 4 is 17.7 Å². The van der Waals surface area contributed by atoms with Crippen molar-refractivity contribution in [3.8, 4) is 5.75 Å². The van der Waals surface area contributed by atoms with Gasteiger partial charge in [-0.15, -0.1) is 0 Å². The second-order valence-electron chi connectivity index (χ2n) is 6.13. The van der Waals surface area contributed by atoms with Crippen LogP contribution in [-0.4, -0.2) is 23.7 Å². The lowest BCUT2D eigenvalue weighted by molar-refractivity contribution is -0.117. The lowest BCUT2D eigenvalue weighted by atomic mass is 9.77. The number of carbonyl (C=O) groups excluding carboxylic acids is 1. The summed E-state index contributed by atoms with van der Waals surface area (Å²) >= 11 is 0. The van der Waals surface area contributed by atoms with Gasteiger partial charge in [-0.05, 0) is 17.5 Å². The number of aliphatic imine (C=N–C) groups is 1. The Balaban J connectivity index is 2.25. The fraction of sp³-hybridized carbons (Fsp3) is 0.333. The van der Waals surface area contributed by atoms with E-state index < -0.39 is 0 Å². The van der Waals surface area contributed by atoms with Crippen LogP contribution in [0.5, 0.6) is 5.75 Å². The molecule has 1 N–H and O–H groups in total. The van der Waals surface area contributed by atoms with Gasteiger partial charge in [-0.1, -0.05) is 38.6 Å². The van der Waals surface area contributed by atoms with Crippen LogP contribution in [0.15, 0.2) is 53.2 Å². The van der Waals surface area contributed by atoms with Crippen molar-refractivity contribution in [2.75, 3.05) is 6.61 Å². The minimum atomic E-state index is -0.205. The molecular weight excluding hydrogens is 278 g/mol. The molecule has 22 heavy (non-hydrogen) atoms. The quantitative estimate of drug-likeness (QED) is 0.656. The molecule has 0 saturated heterocycles. The molecule has 116 valence electrons. The Kier molecular flexibility index (Phi) is 4.81. The Morgan fingerprint density at radius 1 is 1.36 bits per heavy atom. The van der Waals surface area contributed by atoms with Gasteiger partial charge in [0, 0.05) is 19.1 Å². The second kappa shape index (κ2) is 6.60. The summed E-state index contributed by atoms with van der Waals surface area (Å²) in [6, 6.07) is 7.29. The van der Waals surface area contributed by atoms with Crippen molar-refractivity contribution in [3.05, 3.63) is 48.3 Å². The second-order valence-corrected chi connectivity index (χ2v) is 6.13. The molecule has 0 fully saturated rings. The fourth-order valence-electron chi connectivity index (χ4n) is 2.42. The number of hydrogen-bond donors (Lipinski definition) is 1. The van der Waals surface area contributed by atoms with E-state index in [1.54, 1.807) is 18.2 Å². The van der Waals surface area contributed by atoms with Crippen LogP contribution in [0.25, 0.3) is 0 Å². The highest BCUT2D eigenvalue weighted by atomic mass is 16.5. The number of aliphatic hydroxyl groups excluding tert-OH is 1. The van der Waals surface area contributed by atoms with Gasteiger partial charge in [0.05, 0.1) is 5.57 Å². The minimum Gasteiger partial charge on any atom is -0.511 e. The predicted octanol–water partition coefficient (Wildman–Crippen LogP) is 4.15. The molecule has 1 aliphatic rings.